The third-order valence-electron chi connectivity index (χ3n) is 3.02. The van der Waals surface area contributed by atoms with Crippen molar-refractivity contribution in [2.45, 2.75) is 0 Å². The van der Waals surface area contributed by atoms with E-state index in [1.165, 1.54) is 6.21 Å². The summed E-state index contributed by atoms with van der Waals surface area (Å²) < 4.78 is 5.13. The summed E-state index contributed by atoms with van der Waals surface area (Å²) in [4.78, 5) is 11.9. The molecule has 2 N–H and O–H groups in total. The Hall–Kier alpha value is -3.41. The highest BCUT2D eigenvalue weighted by Crippen LogP contribution is 2.16. The average molecular weight is 306 g/mol. The Bertz CT molecular complexity index is 817. The van der Waals surface area contributed by atoms with Gasteiger partial charge in [0.05, 0.1) is 12.0 Å². The first kappa shape index (κ1) is 14.5. The standard InChI is InChI=1S/C17H14N4O2/c22-17(21-18-10-4-8-14-9-5-11-23-14)16-12-15(19-20-16)13-6-2-1-3-7-13/h1-12H,(H,19,20)(H,21,22)/b8-4+,18-10?. The average Bonchev–Trinajstić information content (AvgIpc) is 3.27. The van der Waals surface area contributed by atoms with Crippen LogP contribution in [0.1, 0.15) is 16.2 Å². The van der Waals surface area contributed by atoms with Crippen molar-refractivity contribution in [1.29, 1.82) is 0 Å². The van der Waals surface area contributed by atoms with E-state index in [0.29, 0.717) is 17.1 Å². The molecule has 0 atom stereocenters. The molecular formula is C17H14N4O2. The molecule has 6 nitrogen and oxygen atoms in total. The molecule has 3 aromatic rings. The predicted molar refractivity (Wildman–Crippen MR) is 87.7 cm³/mol. The van der Waals surface area contributed by atoms with Crippen LogP contribution in [-0.4, -0.2) is 22.3 Å². The molecule has 2 aromatic heterocycles. The van der Waals surface area contributed by atoms with Crippen LogP contribution in [0.5, 0.6) is 0 Å². The number of hydrogen-bond donors (Lipinski definition) is 2. The zero-order valence-corrected chi connectivity index (χ0v) is 12.1. The quantitative estimate of drug-likeness (QED) is 0.561. The molecular weight excluding hydrogens is 292 g/mol. The molecule has 0 spiro atoms. The van der Waals surface area contributed by atoms with Gasteiger partial charge in [0.15, 0.2) is 0 Å². The van der Waals surface area contributed by atoms with Crippen molar-refractivity contribution in [3.05, 3.63) is 72.3 Å². The van der Waals surface area contributed by atoms with Gasteiger partial charge in [-0.15, -0.1) is 0 Å². The van der Waals surface area contributed by atoms with Gasteiger partial charge >= 0.3 is 0 Å². The van der Waals surface area contributed by atoms with Crippen LogP contribution in [0.3, 0.4) is 0 Å². The second-order valence-corrected chi connectivity index (χ2v) is 4.63. The van der Waals surface area contributed by atoms with Crippen molar-refractivity contribution >= 4 is 18.2 Å². The third-order valence-corrected chi connectivity index (χ3v) is 3.02. The number of nitrogens with zero attached hydrogens (tertiary/aromatic N) is 2. The van der Waals surface area contributed by atoms with Gasteiger partial charge in [0, 0.05) is 11.8 Å². The Morgan fingerprint density at radius 2 is 2.09 bits per heavy atom. The van der Waals surface area contributed by atoms with Gasteiger partial charge in [-0.05, 0) is 30.4 Å². The van der Waals surface area contributed by atoms with Gasteiger partial charge in [-0.2, -0.15) is 10.2 Å². The second kappa shape index (κ2) is 7.04. The molecule has 23 heavy (non-hydrogen) atoms. The van der Waals surface area contributed by atoms with E-state index in [2.05, 4.69) is 20.7 Å². The summed E-state index contributed by atoms with van der Waals surface area (Å²) >= 11 is 0. The smallest absolute Gasteiger partial charge is 0.289 e. The Labute approximate surface area is 132 Å². The molecule has 0 saturated heterocycles. The summed E-state index contributed by atoms with van der Waals surface area (Å²) in [5.41, 5.74) is 4.41. The van der Waals surface area contributed by atoms with Crippen LogP contribution in [0.4, 0.5) is 0 Å². The molecule has 0 aliphatic rings. The number of nitrogens with one attached hydrogen (secondary N) is 2. The maximum absolute atomic E-state index is 11.9. The summed E-state index contributed by atoms with van der Waals surface area (Å²) in [5.74, 6) is 0.353. The Morgan fingerprint density at radius 3 is 2.87 bits per heavy atom. The second-order valence-electron chi connectivity index (χ2n) is 4.63. The van der Waals surface area contributed by atoms with Gasteiger partial charge in [0.25, 0.3) is 5.91 Å². The molecule has 2 heterocycles. The number of carbonyl (C=O) groups is 1. The fourth-order valence-electron chi connectivity index (χ4n) is 1.92. The first-order chi connectivity index (χ1) is 11.3. The van der Waals surface area contributed by atoms with E-state index in [1.807, 2.05) is 36.4 Å². The van der Waals surface area contributed by atoms with E-state index in [0.717, 1.165) is 5.56 Å². The summed E-state index contributed by atoms with van der Waals surface area (Å²) in [6, 6.07) is 14.9. The highest BCUT2D eigenvalue weighted by atomic mass is 16.3. The maximum atomic E-state index is 11.9. The monoisotopic (exact) mass is 306 g/mol. The number of H-pyrrole nitrogens is 1. The molecule has 114 valence electrons. The predicted octanol–water partition coefficient (Wildman–Crippen LogP) is 3.10. The van der Waals surface area contributed by atoms with Crippen molar-refractivity contribution in [3.8, 4) is 11.3 Å². The summed E-state index contributed by atoms with van der Waals surface area (Å²) in [5, 5.41) is 10.6. The number of allylic oxidation sites excluding steroid dienone is 1. The lowest BCUT2D eigenvalue weighted by atomic mass is 10.1. The van der Waals surface area contributed by atoms with Crippen molar-refractivity contribution in [2.75, 3.05) is 0 Å². The Kier molecular flexibility index (Phi) is 4.44. The van der Waals surface area contributed by atoms with Crippen LogP contribution in [0.25, 0.3) is 17.3 Å². The van der Waals surface area contributed by atoms with Crippen molar-refractivity contribution in [3.63, 3.8) is 0 Å². The van der Waals surface area contributed by atoms with Crippen LogP contribution in [-0.2, 0) is 0 Å². The molecule has 0 bridgehead atoms. The summed E-state index contributed by atoms with van der Waals surface area (Å²) in [6.45, 7) is 0. The number of furan rings is 1. The lowest BCUT2D eigenvalue weighted by Crippen LogP contribution is -2.17. The van der Waals surface area contributed by atoms with Gasteiger partial charge in [-0.1, -0.05) is 30.3 Å². The molecule has 3 rings (SSSR count). The number of hydrogen-bond acceptors (Lipinski definition) is 4. The molecule has 1 aromatic carbocycles. The summed E-state index contributed by atoms with van der Waals surface area (Å²) in [7, 11) is 0. The number of aromatic nitrogens is 2. The highest BCUT2D eigenvalue weighted by Gasteiger charge is 2.09. The zero-order chi connectivity index (χ0) is 15.9. The minimum absolute atomic E-state index is 0.344. The zero-order valence-electron chi connectivity index (χ0n) is 12.1. The Balaban J connectivity index is 1.57. The van der Waals surface area contributed by atoms with E-state index < -0.39 is 0 Å². The van der Waals surface area contributed by atoms with E-state index in [-0.39, 0.29) is 5.91 Å². The van der Waals surface area contributed by atoms with Gasteiger partial charge in [-0.25, -0.2) is 5.43 Å². The van der Waals surface area contributed by atoms with E-state index in [1.54, 1.807) is 30.5 Å². The number of hydrazone groups is 1. The fourth-order valence-corrected chi connectivity index (χ4v) is 1.92. The molecule has 0 unspecified atom stereocenters. The number of aromatic amines is 1. The first-order valence-electron chi connectivity index (χ1n) is 6.97. The van der Waals surface area contributed by atoms with Gasteiger partial charge in [0.1, 0.15) is 11.5 Å². The van der Waals surface area contributed by atoms with E-state index >= 15 is 0 Å². The van der Waals surface area contributed by atoms with Crippen LogP contribution in [0.15, 0.2) is 70.4 Å². The van der Waals surface area contributed by atoms with Crippen molar-refractivity contribution in [1.82, 2.24) is 15.6 Å². The largest absolute Gasteiger partial charge is 0.465 e. The normalized spacial score (nSPS) is 11.3. The fraction of sp³-hybridized carbons (Fsp3) is 0. The molecule has 0 saturated carbocycles. The minimum Gasteiger partial charge on any atom is -0.465 e. The lowest BCUT2D eigenvalue weighted by Gasteiger charge is -1.94. The van der Waals surface area contributed by atoms with E-state index in [9.17, 15) is 4.79 Å². The van der Waals surface area contributed by atoms with Crippen LogP contribution in [0.2, 0.25) is 0 Å². The molecule has 6 heteroatoms. The number of benzene rings is 1. The van der Waals surface area contributed by atoms with Crippen LogP contribution in [0, 0.1) is 0 Å². The van der Waals surface area contributed by atoms with Gasteiger partial charge in [0.2, 0.25) is 0 Å². The molecule has 0 aliphatic heterocycles. The van der Waals surface area contributed by atoms with Crippen LogP contribution >= 0.6 is 0 Å². The number of carbonyl (C=O) groups excluding carboxylic acids is 1. The number of rotatable bonds is 5. The van der Waals surface area contributed by atoms with Gasteiger partial charge < -0.3 is 4.42 Å². The van der Waals surface area contributed by atoms with Crippen molar-refractivity contribution < 1.29 is 9.21 Å². The number of amides is 1. The summed E-state index contributed by atoms with van der Waals surface area (Å²) in [6.07, 6.45) is 6.46. The molecule has 1 amide bonds. The topological polar surface area (TPSA) is 83.3 Å². The van der Waals surface area contributed by atoms with E-state index in [4.69, 9.17) is 4.42 Å². The Morgan fingerprint density at radius 1 is 1.22 bits per heavy atom. The van der Waals surface area contributed by atoms with Crippen LogP contribution < -0.4 is 5.43 Å². The molecule has 0 fully saturated rings. The SMILES string of the molecule is O=C(NN=C/C=C/c1ccco1)c1cc(-c2ccccc2)n[nH]1. The lowest BCUT2D eigenvalue weighted by molar-refractivity contribution is 0.0950. The minimum atomic E-state index is -0.359. The molecule has 0 aliphatic carbocycles. The molecule has 0 radical (unpaired) electrons. The maximum Gasteiger partial charge on any atom is 0.289 e. The van der Waals surface area contributed by atoms with Crippen molar-refractivity contribution in [2.24, 2.45) is 5.10 Å². The van der Waals surface area contributed by atoms with Gasteiger partial charge in [-0.3, -0.25) is 9.89 Å². The first-order valence-corrected chi connectivity index (χ1v) is 6.97. The third kappa shape index (κ3) is 3.82. The highest BCUT2D eigenvalue weighted by molar-refractivity contribution is 5.93.